The Kier molecular flexibility index (Phi) is 6.97. The molecule has 1 amide bonds. The van der Waals surface area contributed by atoms with Crippen LogP contribution in [-0.2, 0) is 22.3 Å². The number of anilines is 1. The van der Waals surface area contributed by atoms with E-state index < -0.39 is 17.3 Å². The van der Waals surface area contributed by atoms with Crippen LogP contribution in [0.5, 0.6) is 0 Å². The number of amides is 1. The predicted octanol–water partition coefficient (Wildman–Crippen LogP) is 1.16. The fraction of sp³-hybridized carbons (Fsp3) is 0.429. The molecule has 184 valence electrons. The average molecular weight is 490 g/mol. The number of aromatic amines is 1. The Morgan fingerprint density at radius 1 is 1.14 bits per heavy atom. The number of hydrogen-bond donors (Lipinski definition) is 1. The van der Waals surface area contributed by atoms with Crippen LogP contribution in [0.15, 0.2) is 29.6 Å². The zero-order valence-corrected chi connectivity index (χ0v) is 18.5. The summed E-state index contributed by atoms with van der Waals surface area (Å²) in [4.78, 5) is 35.4. The maximum atomic E-state index is 12.7. The molecule has 35 heavy (non-hydrogen) atoms. The first-order valence-electron chi connectivity index (χ1n) is 10.7. The molecule has 14 heteroatoms. The van der Waals surface area contributed by atoms with Gasteiger partial charge in [-0.3, -0.25) is 9.59 Å². The van der Waals surface area contributed by atoms with Gasteiger partial charge >= 0.3 is 6.18 Å². The standard InChI is InChI=1S/C21H21F3N8O3/c22-21(23,24)15-10-26-20(27-11-15)31-4-2-30(3-5-31)17(33)1-7-35-8-6-32-13-14(9-25)18-16(32)12-28-29-19(18)34/h10-13H,1-8H2,(H,29,34). The minimum atomic E-state index is -4.49. The van der Waals surface area contributed by atoms with Gasteiger partial charge in [0.25, 0.3) is 5.56 Å². The Labute approximate surface area is 196 Å². The van der Waals surface area contributed by atoms with Gasteiger partial charge in [-0.25, -0.2) is 15.1 Å². The van der Waals surface area contributed by atoms with Crippen LogP contribution in [-0.4, -0.2) is 74.9 Å². The smallest absolute Gasteiger partial charge is 0.379 e. The second-order valence-corrected chi connectivity index (χ2v) is 7.81. The first-order valence-corrected chi connectivity index (χ1v) is 10.7. The van der Waals surface area contributed by atoms with Gasteiger partial charge in [-0.1, -0.05) is 0 Å². The van der Waals surface area contributed by atoms with Crippen LogP contribution in [0.3, 0.4) is 0 Å². The van der Waals surface area contributed by atoms with Gasteiger partial charge < -0.3 is 19.1 Å². The highest BCUT2D eigenvalue weighted by Gasteiger charge is 2.32. The van der Waals surface area contributed by atoms with Crippen molar-refractivity contribution < 1.29 is 22.7 Å². The van der Waals surface area contributed by atoms with Gasteiger partial charge in [0.2, 0.25) is 11.9 Å². The molecular weight excluding hydrogens is 469 g/mol. The molecule has 0 aliphatic carbocycles. The molecule has 3 aromatic heterocycles. The number of halogens is 3. The Hall–Kier alpha value is -3.99. The van der Waals surface area contributed by atoms with Crippen LogP contribution in [0, 0.1) is 11.3 Å². The van der Waals surface area contributed by atoms with Gasteiger partial charge in [0, 0.05) is 51.3 Å². The number of H-pyrrole nitrogens is 1. The van der Waals surface area contributed by atoms with Gasteiger partial charge in [0.15, 0.2) is 0 Å². The summed E-state index contributed by atoms with van der Waals surface area (Å²) in [5.74, 6) is 0.106. The largest absolute Gasteiger partial charge is 0.419 e. The zero-order chi connectivity index (χ0) is 25.0. The lowest BCUT2D eigenvalue weighted by Crippen LogP contribution is -2.49. The maximum Gasteiger partial charge on any atom is 0.419 e. The minimum absolute atomic E-state index is 0.0908. The first-order chi connectivity index (χ1) is 16.8. The van der Waals surface area contributed by atoms with E-state index in [1.165, 1.54) is 6.20 Å². The van der Waals surface area contributed by atoms with Crippen LogP contribution in [0.4, 0.5) is 19.1 Å². The van der Waals surface area contributed by atoms with E-state index >= 15 is 0 Å². The van der Waals surface area contributed by atoms with Gasteiger partial charge in [-0.2, -0.15) is 23.5 Å². The molecule has 4 rings (SSSR count). The van der Waals surface area contributed by atoms with E-state index in [4.69, 9.17) is 4.74 Å². The SMILES string of the molecule is N#Cc1cn(CCOCCC(=O)N2CCN(c3ncc(C(F)(F)F)cn3)CC2)c2cn[nH]c(=O)c12. The highest BCUT2D eigenvalue weighted by atomic mass is 19.4. The lowest BCUT2D eigenvalue weighted by atomic mass is 10.2. The number of fused-ring (bicyclic) bond motifs is 1. The lowest BCUT2D eigenvalue weighted by molar-refractivity contribution is -0.138. The van der Waals surface area contributed by atoms with E-state index in [1.54, 1.807) is 20.6 Å². The monoisotopic (exact) mass is 490 g/mol. The van der Waals surface area contributed by atoms with Crippen LogP contribution >= 0.6 is 0 Å². The van der Waals surface area contributed by atoms with Gasteiger partial charge in [0.05, 0.1) is 47.9 Å². The molecule has 1 saturated heterocycles. The molecule has 1 aliphatic heterocycles. The number of alkyl halides is 3. The van der Waals surface area contributed by atoms with Gasteiger partial charge in [-0.15, -0.1) is 0 Å². The summed E-state index contributed by atoms with van der Waals surface area (Å²) in [5, 5.41) is 15.6. The topological polar surface area (TPSA) is 133 Å². The number of aromatic nitrogens is 5. The van der Waals surface area contributed by atoms with Crippen LogP contribution in [0.2, 0.25) is 0 Å². The van der Waals surface area contributed by atoms with E-state index in [2.05, 4.69) is 20.2 Å². The molecule has 11 nitrogen and oxygen atoms in total. The molecule has 1 aliphatic rings. The number of hydrogen-bond acceptors (Lipinski definition) is 8. The summed E-state index contributed by atoms with van der Waals surface area (Å²) in [7, 11) is 0. The molecule has 0 unspecified atom stereocenters. The van der Waals surface area contributed by atoms with Crippen molar-refractivity contribution in [2.75, 3.05) is 44.3 Å². The van der Waals surface area contributed by atoms with Crippen molar-refractivity contribution in [3.63, 3.8) is 0 Å². The van der Waals surface area contributed by atoms with Crippen LogP contribution in [0.1, 0.15) is 17.5 Å². The zero-order valence-electron chi connectivity index (χ0n) is 18.5. The molecule has 0 atom stereocenters. The first kappa shape index (κ1) is 24.1. The van der Waals surface area contributed by atoms with E-state index in [0.717, 1.165) is 12.4 Å². The minimum Gasteiger partial charge on any atom is -0.379 e. The summed E-state index contributed by atoms with van der Waals surface area (Å²) in [6.45, 7) is 2.47. The van der Waals surface area contributed by atoms with Crippen LogP contribution in [0.25, 0.3) is 10.9 Å². The van der Waals surface area contributed by atoms with Gasteiger partial charge in [0.1, 0.15) is 6.07 Å². The summed E-state index contributed by atoms with van der Waals surface area (Å²) in [5.41, 5.74) is -0.565. The number of carbonyl (C=O) groups excluding carboxylic acids is 1. The molecule has 4 heterocycles. The van der Waals surface area contributed by atoms with E-state index in [1.807, 2.05) is 6.07 Å². The Bertz CT molecular complexity index is 1290. The van der Waals surface area contributed by atoms with Crippen molar-refractivity contribution in [2.45, 2.75) is 19.1 Å². The highest BCUT2D eigenvalue weighted by Crippen LogP contribution is 2.28. The molecule has 0 saturated carbocycles. The molecule has 1 N–H and O–H groups in total. The summed E-state index contributed by atoms with van der Waals surface area (Å²) in [6.07, 6.45) is 0.227. The van der Waals surface area contributed by atoms with E-state index in [9.17, 15) is 28.0 Å². The molecule has 1 fully saturated rings. The normalized spacial score (nSPS) is 14.3. The average Bonchev–Trinajstić information content (AvgIpc) is 3.22. The molecule has 0 bridgehead atoms. The van der Waals surface area contributed by atoms with E-state index in [-0.39, 0.29) is 42.4 Å². The number of nitrogens with one attached hydrogen (secondary N) is 1. The molecular formula is C21H21F3N8O3. The fourth-order valence-corrected chi connectivity index (χ4v) is 3.80. The number of nitrogens with zero attached hydrogens (tertiary/aromatic N) is 7. The molecule has 0 spiro atoms. The van der Waals surface area contributed by atoms with Crippen molar-refractivity contribution >= 4 is 22.8 Å². The Balaban J connectivity index is 1.20. The number of ether oxygens (including phenoxy) is 1. The predicted molar refractivity (Wildman–Crippen MR) is 116 cm³/mol. The fourth-order valence-electron chi connectivity index (χ4n) is 3.80. The van der Waals surface area contributed by atoms with Crippen molar-refractivity contribution in [2.24, 2.45) is 0 Å². The van der Waals surface area contributed by atoms with Gasteiger partial charge in [-0.05, 0) is 0 Å². The van der Waals surface area contributed by atoms with Crippen molar-refractivity contribution in [1.29, 1.82) is 5.26 Å². The second kappa shape index (κ2) is 10.1. The number of rotatable bonds is 7. The lowest BCUT2D eigenvalue weighted by Gasteiger charge is -2.34. The number of nitriles is 1. The Morgan fingerprint density at radius 3 is 2.51 bits per heavy atom. The number of carbonyl (C=O) groups is 1. The third-order valence-electron chi connectivity index (χ3n) is 5.64. The molecule has 0 radical (unpaired) electrons. The van der Waals surface area contributed by atoms with Crippen LogP contribution < -0.4 is 10.5 Å². The van der Waals surface area contributed by atoms with E-state index in [0.29, 0.717) is 38.2 Å². The maximum absolute atomic E-state index is 12.7. The van der Waals surface area contributed by atoms with Crippen molar-refractivity contribution in [3.05, 3.63) is 46.3 Å². The third-order valence-corrected chi connectivity index (χ3v) is 5.64. The number of piperazine rings is 1. The Morgan fingerprint density at radius 2 is 1.86 bits per heavy atom. The highest BCUT2D eigenvalue weighted by molar-refractivity contribution is 5.84. The van der Waals surface area contributed by atoms with Crippen molar-refractivity contribution in [1.82, 2.24) is 29.6 Å². The van der Waals surface area contributed by atoms with Crippen molar-refractivity contribution in [3.8, 4) is 6.07 Å². The second-order valence-electron chi connectivity index (χ2n) is 7.81. The quantitative estimate of drug-likeness (QED) is 0.488. The summed E-state index contributed by atoms with van der Waals surface area (Å²) >= 11 is 0. The molecule has 3 aromatic rings. The third kappa shape index (κ3) is 5.40. The molecule has 0 aromatic carbocycles. The summed E-state index contributed by atoms with van der Waals surface area (Å²) < 4.78 is 45.2. The summed E-state index contributed by atoms with van der Waals surface area (Å²) in [6, 6.07) is 1.99.